The van der Waals surface area contributed by atoms with Crippen LogP contribution in [0.15, 0.2) is 12.1 Å². The summed E-state index contributed by atoms with van der Waals surface area (Å²) >= 11 is 1.76. The zero-order valence-electron chi connectivity index (χ0n) is 10.9. The minimum absolute atomic E-state index is 0.166. The SMILES string of the molecule is Cc1ccc(C(C)N(C)C(=O)CCCCN)s1. The van der Waals surface area contributed by atoms with Crippen LogP contribution in [0.5, 0.6) is 0 Å². The third-order valence-corrected chi connectivity index (χ3v) is 4.16. The third kappa shape index (κ3) is 4.13. The lowest BCUT2D eigenvalue weighted by molar-refractivity contribution is -0.131. The summed E-state index contributed by atoms with van der Waals surface area (Å²) in [6, 6.07) is 4.37. The second-order valence-electron chi connectivity index (χ2n) is 4.37. The van der Waals surface area contributed by atoms with E-state index in [2.05, 4.69) is 26.0 Å². The van der Waals surface area contributed by atoms with Gasteiger partial charge in [-0.2, -0.15) is 0 Å². The van der Waals surface area contributed by atoms with Gasteiger partial charge in [-0.3, -0.25) is 4.79 Å². The summed E-state index contributed by atoms with van der Waals surface area (Å²) in [6.45, 7) is 4.83. The molecule has 1 amide bonds. The molecule has 1 aromatic rings. The van der Waals surface area contributed by atoms with Crippen LogP contribution in [0.1, 0.15) is 42.0 Å². The molecule has 96 valence electrons. The molecule has 4 heteroatoms. The van der Waals surface area contributed by atoms with Gasteiger partial charge in [-0.15, -0.1) is 11.3 Å². The second-order valence-corrected chi connectivity index (χ2v) is 5.69. The Balaban J connectivity index is 2.51. The molecule has 0 bridgehead atoms. The number of hydrogen-bond donors (Lipinski definition) is 1. The summed E-state index contributed by atoms with van der Waals surface area (Å²) in [6.07, 6.45) is 2.41. The Morgan fingerprint density at radius 1 is 1.47 bits per heavy atom. The van der Waals surface area contributed by atoms with Crippen LogP contribution in [0.3, 0.4) is 0 Å². The minimum atomic E-state index is 0.166. The number of nitrogens with zero attached hydrogens (tertiary/aromatic N) is 1. The van der Waals surface area contributed by atoms with Gasteiger partial charge in [-0.25, -0.2) is 0 Å². The fraction of sp³-hybridized carbons (Fsp3) is 0.615. The van der Waals surface area contributed by atoms with Crippen molar-refractivity contribution in [1.29, 1.82) is 0 Å². The van der Waals surface area contributed by atoms with Crippen molar-refractivity contribution in [2.45, 2.75) is 39.2 Å². The zero-order valence-corrected chi connectivity index (χ0v) is 11.7. The van der Waals surface area contributed by atoms with Gasteiger partial charge in [-0.1, -0.05) is 0 Å². The molecular formula is C13H22N2OS. The van der Waals surface area contributed by atoms with Crippen LogP contribution < -0.4 is 5.73 Å². The zero-order chi connectivity index (χ0) is 12.8. The van der Waals surface area contributed by atoms with E-state index in [0.29, 0.717) is 13.0 Å². The number of carbonyl (C=O) groups is 1. The maximum atomic E-state index is 11.9. The molecule has 0 saturated carbocycles. The van der Waals surface area contributed by atoms with Gasteiger partial charge in [0.1, 0.15) is 0 Å². The first kappa shape index (κ1) is 14.2. The first-order chi connectivity index (χ1) is 8.06. The minimum Gasteiger partial charge on any atom is -0.338 e. The molecular weight excluding hydrogens is 232 g/mol. The Morgan fingerprint density at radius 2 is 2.18 bits per heavy atom. The molecule has 0 aromatic carbocycles. The number of hydrogen-bond acceptors (Lipinski definition) is 3. The third-order valence-electron chi connectivity index (χ3n) is 2.99. The number of unbranched alkanes of at least 4 members (excludes halogenated alkanes) is 1. The fourth-order valence-electron chi connectivity index (χ4n) is 1.68. The van der Waals surface area contributed by atoms with Crippen LogP contribution in [-0.4, -0.2) is 24.4 Å². The number of rotatable bonds is 6. The van der Waals surface area contributed by atoms with Crippen molar-refractivity contribution in [3.63, 3.8) is 0 Å². The maximum Gasteiger partial charge on any atom is 0.222 e. The average molecular weight is 254 g/mol. The number of nitrogens with two attached hydrogens (primary N) is 1. The average Bonchev–Trinajstić information content (AvgIpc) is 2.74. The van der Waals surface area contributed by atoms with Gasteiger partial charge >= 0.3 is 0 Å². The summed E-state index contributed by atoms with van der Waals surface area (Å²) < 4.78 is 0. The monoisotopic (exact) mass is 254 g/mol. The van der Waals surface area contributed by atoms with Crippen molar-refractivity contribution < 1.29 is 4.79 Å². The molecule has 0 aliphatic rings. The Labute approximate surface area is 108 Å². The maximum absolute atomic E-state index is 11.9. The van der Waals surface area contributed by atoms with E-state index in [-0.39, 0.29) is 11.9 Å². The summed E-state index contributed by atoms with van der Waals surface area (Å²) in [5.74, 6) is 0.206. The topological polar surface area (TPSA) is 46.3 Å². The van der Waals surface area contributed by atoms with Crippen molar-refractivity contribution in [1.82, 2.24) is 4.90 Å². The number of carbonyl (C=O) groups excluding carboxylic acids is 1. The highest BCUT2D eigenvalue weighted by molar-refractivity contribution is 7.12. The lowest BCUT2D eigenvalue weighted by Gasteiger charge is -2.24. The summed E-state index contributed by atoms with van der Waals surface area (Å²) in [5.41, 5.74) is 5.42. The van der Waals surface area contributed by atoms with Crippen molar-refractivity contribution in [2.24, 2.45) is 5.73 Å². The van der Waals surface area contributed by atoms with Gasteiger partial charge in [0.05, 0.1) is 6.04 Å². The highest BCUT2D eigenvalue weighted by Crippen LogP contribution is 2.26. The molecule has 1 atom stereocenters. The highest BCUT2D eigenvalue weighted by Gasteiger charge is 2.17. The van der Waals surface area contributed by atoms with E-state index in [1.165, 1.54) is 9.75 Å². The van der Waals surface area contributed by atoms with Crippen LogP contribution >= 0.6 is 11.3 Å². The molecule has 2 N–H and O–H groups in total. The molecule has 0 fully saturated rings. The smallest absolute Gasteiger partial charge is 0.222 e. The van der Waals surface area contributed by atoms with Crippen LogP contribution in [0, 0.1) is 6.92 Å². The predicted octanol–water partition coefficient (Wildman–Crippen LogP) is 2.70. The van der Waals surface area contributed by atoms with Crippen LogP contribution in [0.25, 0.3) is 0 Å². The number of aryl methyl sites for hydroxylation is 1. The largest absolute Gasteiger partial charge is 0.338 e. The molecule has 1 aromatic heterocycles. The van der Waals surface area contributed by atoms with E-state index in [1.807, 2.05) is 11.9 Å². The molecule has 0 saturated heterocycles. The van der Waals surface area contributed by atoms with Gasteiger partial charge in [0.25, 0.3) is 0 Å². The predicted molar refractivity (Wildman–Crippen MR) is 73.1 cm³/mol. The lowest BCUT2D eigenvalue weighted by Crippen LogP contribution is -2.29. The molecule has 0 aliphatic carbocycles. The fourth-order valence-corrected chi connectivity index (χ4v) is 2.65. The van der Waals surface area contributed by atoms with Gasteiger partial charge in [-0.05, 0) is 45.4 Å². The number of thiophene rings is 1. The standard InChI is InChI=1S/C13H22N2OS/c1-10-7-8-12(17-10)11(2)15(3)13(16)6-4-5-9-14/h7-8,11H,4-6,9,14H2,1-3H3. The lowest BCUT2D eigenvalue weighted by atomic mass is 10.2. The highest BCUT2D eigenvalue weighted by atomic mass is 32.1. The summed E-state index contributed by atoms with van der Waals surface area (Å²) in [7, 11) is 1.88. The van der Waals surface area contributed by atoms with E-state index >= 15 is 0 Å². The van der Waals surface area contributed by atoms with Crippen molar-refractivity contribution in [3.05, 3.63) is 21.9 Å². The van der Waals surface area contributed by atoms with Crippen molar-refractivity contribution in [3.8, 4) is 0 Å². The van der Waals surface area contributed by atoms with Crippen molar-refractivity contribution >= 4 is 17.2 Å². The van der Waals surface area contributed by atoms with Gasteiger partial charge in [0.15, 0.2) is 0 Å². The second kappa shape index (κ2) is 6.77. The summed E-state index contributed by atoms with van der Waals surface area (Å²) in [5, 5.41) is 0. The van der Waals surface area contributed by atoms with Crippen molar-refractivity contribution in [2.75, 3.05) is 13.6 Å². The normalized spacial score (nSPS) is 12.5. The van der Waals surface area contributed by atoms with Crippen LogP contribution in [0.4, 0.5) is 0 Å². The summed E-state index contributed by atoms with van der Waals surface area (Å²) in [4.78, 5) is 16.3. The Hall–Kier alpha value is -0.870. The molecule has 1 rings (SSSR count). The van der Waals surface area contributed by atoms with E-state index in [4.69, 9.17) is 5.73 Å². The molecule has 0 aliphatic heterocycles. The van der Waals surface area contributed by atoms with Gasteiger partial charge in [0, 0.05) is 23.2 Å². The van der Waals surface area contributed by atoms with Gasteiger partial charge in [0.2, 0.25) is 5.91 Å². The Morgan fingerprint density at radius 3 is 2.71 bits per heavy atom. The van der Waals surface area contributed by atoms with Gasteiger partial charge < -0.3 is 10.6 Å². The molecule has 17 heavy (non-hydrogen) atoms. The van der Waals surface area contributed by atoms with E-state index in [0.717, 1.165) is 12.8 Å². The van der Waals surface area contributed by atoms with E-state index in [9.17, 15) is 4.79 Å². The molecule has 1 heterocycles. The first-order valence-electron chi connectivity index (χ1n) is 6.08. The molecule has 0 radical (unpaired) electrons. The Kier molecular flexibility index (Phi) is 5.65. The molecule has 1 unspecified atom stereocenters. The van der Waals surface area contributed by atoms with Crippen LogP contribution in [0.2, 0.25) is 0 Å². The Bertz CT molecular complexity index is 362. The quantitative estimate of drug-likeness (QED) is 0.793. The van der Waals surface area contributed by atoms with E-state index < -0.39 is 0 Å². The first-order valence-corrected chi connectivity index (χ1v) is 6.90. The molecule has 3 nitrogen and oxygen atoms in total. The van der Waals surface area contributed by atoms with E-state index in [1.54, 1.807) is 11.3 Å². The number of amides is 1. The molecule has 0 spiro atoms. The van der Waals surface area contributed by atoms with Crippen LogP contribution in [-0.2, 0) is 4.79 Å².